The van der Waals surface area contributed by atoms with Crippen LogP contribution in [-0.4, -0.2) is 140 Å². The number of ether oxygens (including phenoxy) is 4. The molecule has 2 aliphatic rings. The molecule has 84 heavy (non-hydrogen) atoms. The lowest BCUT2D eigenvalue weighted by Gasteiger charge is -2.46. The first-order valence-corrected chi connectivity index (χ1v) is 34.2. The Kier molecular flexibility index (Phi) is 50.4. The van der Waals surface area contributed by atoms with Gasteiger partial charge in [-0.2, -0.15) is 0 Å². The van der Waals surface area contributed by atoms with Crippen LogP contribution >= 0.6 is 0 Å². The van der Waals surface area contributed by atoms with E-state index in [-0.39, 0.29) is 12.5 Å². The first kappa shape index (κ1) is 77.5. The second kappa shape index (κ2) is 54.6. The molecule has 12 unspecified atom stereocenters. The number of rotatable bonds is 55. The van der Waals surface area contributed by atoms with E-state index in [0.717, 1.165) is 89.9 Å². The molecule has 2 heterocycles. The van der Waals surface area contributed by atoms with E-state index in [1.807, 2.05) is 0 Å². The van der Waals surface area contributed by atoms with E-state index < -0.39 is 86.8 Å². The lowest BCUT2D eigenvalue weighted by atomic mass is 9.97. The number of amides is 1. The summed E-state index contributed by atoms with van der Waals surface area (Å²) in [6, 6.07) is -0.832. The van der Waals surface area contributed by atoms with Crippen molar-refractivity contribution in [3.8, 4) is 0 Å². The van der Waals surface area contributed by atoms with Gasteiger partial charge in [0.05, 0.1) is 32.0 Å². The molecule has 2 saturated heterocycles. The van der Waals surface area contributed by atoms with Gasteiger partial charge in [0.25, 0.3) is 0 Å². The average Bonchev–Trinajstić information content (AvgIpc) is 3.17. The summed E-state index contributed by atoms with van der Waals surface area (Å²) >= 11 is 0. The lowest BCUT2D eigenvalue weighted by Crippen LogP contribution is -2.65. The number of hydrogen-bond donors (Lipinski definition) is 9. The zero-order chi connectivity index (χ0) is 60.9. The molecule has 2 fully saturated rings. The van der Waals surface area contributed by atoms with Gasteiger partial charge in [-0.05, 0) is 64.2 Å². The minimum atomic E-state index is -1.78. The first-order chi connectivity index (χ1) is 41.1. The molecule has 0 saturated carbocycles. The molecule has 14 nitrogen and oxygen atoms in total. The summed E-state index contributed by atoms with van der Waals surface area (Å²) in [5.74, 6) is -0.207. The third kappa shape index (κ3) is 38.7. The quantitative estimate of drug-likeness (QED) is 0.0204. The molecule has 14 heteroatoms. The largest absolute Gasteiger partial charge is 0.394 e. The van der Waals surface area contributed by atoms with E-state index in [1.165, 1.54) is 154 Å². The molecule has 12 atom stereocenters. The molecular formula is C70H125NO13. The zero-order valence-corrected chi connectivity index (χ0v) is 52.9. The Balaban J connectivity index is 1.64. The Hall–Kier alpha value is -2.57. The van der Waals surface area contributed by atoms with Crippen molar-refractivity contribution < 1.29 is 64.6 Å². The number of nitrogens with one attached hydrogen (secondary N) is 1. The van der Waals surface area contributed by atoms with Crippen LogP contribution in [0.3, 0.4) is 0 Å². The molecule has 9 N–H and O–H groups in total. The van der Waals surface area contributed by atoms with Crippen LogP contribution in [0.5, 0.6) is 0 Å². The van der Waals surface area contributed by atoms with E-state index in [1.54, 1.807) is 0 Å². The van der Waals surface area contributed by atoms with Gasteiger partial charge in [-0.25, -0.2) is 0 Å². The predicted molar refractivity (Wildman–Crippen MR) is 341 cm³/mol. The normalized spacial score (nSPS) is 24.1. The van der Waals surface area contributed by atoms with Crippen LogP contribution in [-0.2, 0) is 23.7 Å². The number of allylic oxidation sites excluding steroid dienone is 12. The second-order valence-corrected chi connectivity index (χ2v) is 23.9. The molecule has 0 aromatic rings. The van der Waals surface area contributed by atoms with E-state index in [9.17, 15) is 45.6 Å². The van der Waals surface area contributed by atoms with Gasteiger partial charge >= 0.3 is 0 Å². The van der Waals surface area contributed by atoms with Crippen molar-refractivity contribution in [1.82, 2.24) is 5.32 Å². The highest BCUT2D eigenvalue weighted by Crippen LogP contribution is 2.30. The van der Waals surface area contributed by atoms with Crippen LogP contribution in [0.1, 0.15) is 271 Å². The zero-order valence-electron chi connectivity index (χ0n) is 52.9. The predicted octanol–water partition coefficient (Wildman–Crippen LogP) is 13.5. The molecule has 0 spiro atoms. The summed E-state index contributed by atoms with van der Waals surface area (Å²) in [5, 5.41) is 87.5. The fourth-order valence-electron chi connectivity index (χ4n) is 11.0. The van der Waals surface area contributed by atoms with Crippen LogP contribution in [0.2, 0.25) is 0 Å². The highest BCUT2D eigenvalue weighted by atomic mass is 16.7. The number of hydrogen-bond acceptors (Lipinski definition) is 13. The fraction of sp³-hybridized carbons (Fsp3) is 0.814. The minimum absolute atomic E-state index is 0.207. The van der Waals surface area contributed by atoms with E-state index in [0.29, 0.717) is 12.8 Å². The smallest absolute Gasteiger partial charge is 0.220 e. The lowest BCUT2D eigenvalue weighted by molar-refractivity contribution is -0.359. The van der Waals surface area contributed by atoms with Crippen LogP contribution < -0.4 is 5.32 Å². The Morgan fingerprint density at radius 1 is 0.440 bits per heavy atom. The van der Waals surface area contributed by atoms with Crippen molar-refractivity contribution in [3.63, 3.8) is 0 Å². The number of carbonyl (C=O) groups excluding carboxylic acids is 1. The van der Waals surface area contributed by atoms with Crippen molar-refractivity contribution in [1.29, 1.82) is 0 Å². The third-order valence-electron chi connectivity index (χ3n) is 16.4. The highest BCUT2D eigenvalue weighted by molar-refractivity contribution is 5.76. The number of aliphatic hydroxyl groups is 8. The summed E-state index contributed by atoms with van der Waals surface area (Å²) in [7, 11) is 0. The molecule has 2 rings (SSSR count). The minimum Gasteiger partial charge on any atom is -0.394 e. The Morgan fingerprint density at radius 3 is 1.26 bits per heavy atom. The van der Waals surface area contributed by atoms with Crippen LogP contribution in [0, 0.1) is 0 Å². The van der Waals surface area contributed by atoms with Crippen LogP contribution in [0.15, 0.2) is 72.9 Å². The number of aliphatic hydroxyl groups excluding tert-OH is 8. The molecule has 1 amide bonds. The maximum Gasteiger partial charge on any atom is 0.220 e. The molecule has 0 bridgehead atoms. The maximum atomic E-state index is 13.3. The maximum absolute atomic E-state index is 13.3. The molecule has 488 valence electrons. The molecule has 0 aromatic carbocycles. The van der Waals surface area contributed by atoms with E-state index >= 15 is 0 Å². The van der Waals surface area contributed by atoms with Gasteiger partial charge < -0.3 is 65.1 Å². The van der Waals surface area contributed by atoms with Crippen LogP contribution in [0.4, 0.5) is 0 Å². The summed E-state index contributed by atoms with van der Waals surface area (Å²) in [6.45, 7) is 2.77. The van der Waals surface area contributed by atoms with Crippen molar-refractivity contribution in [2.45, 2.75) is 344 Å². The van der Waals surface area contributed by atoms with Gasteiger partial charge in [-0.15, -0.1) is 0 Å². The Bertz CT molecular complexity index is 1690. The summed E-state index contributed by atoms with van der Waals surface area (Å²) in [5.41, 5.74) is 0. The third-order valence-corrected chi connectivity index (χ3v) is 16.4. The fourth-order valence-corrected chi connectivity index (χ4v) is 11.0. The standard InChI is InChI=1S/C70H125NO13/c1-3-5-7-9-11-13-15-17-19-21-22-23-24-25-26-27-28-29-30-31-32-33-34-35-36-38-40-42-44-46-48-50-52-54-62(75)71-58(59(74)53-51-49-47-45-43-41-39-37-20-18-16-14-12-10-8-6-4-2)57-81-69-67(80)65(78)68(61(56-73)83-69)84-70-66(79)64(77)63(76)60(55-72)82-70/h5,7,11,13,17,19,22-23,25-26,28-29,58-61,63-70,72-74,76-80H,3-4,6,8-10,12,14-16,18,20-21,24,27,30-57H2,1-2H3,(H,71,75)/b7-5-,13-11-,19-17-,23-22-,26-25-,29-28-. The Labute approximate surface area is 510 Å². The van der Waals surface area contributed by atoms with Crippen molar-refractivity contribution in [2.75, 3.05) is 19.8 Å². The Morgan fingerprint density at radius 2 is 0.821 bits per heavy atom. The van der Waals surface area contributed by atoms with Gasteiger partial charge in [-0.3, -0.25) is 4.79 Å². The van der Waals surface area contributed by atoms with Gasteiger partial charge in [0.2, 0.25) is 5.91 Å². The summed E-state index contributed by atoms with van der Waals surface area (Å²) < 4.78 is 22.9. The average molecular weight is 1190 g/mol. The molecule has 0 aliphatic carbocycles. The molecule has 2 aliphatic heterocycles. The van der Waals surface area contributed by atoms with Gasteiger partial charge in [0.15, 0.2) is 12.6 Å². The van der Waals surface area contributed by atoms with Crippen molar-refractivity contribution in [2.24, 2.45) is 0 Å². The monoisotopic (exact) mass is 1190 g/mol. The van der Waals surface area contributed by atoms with E-state index in [2.05, 4.69) is 92.1 Å². The highest BCUT2D eigenvalue weighted by Gasteiger charge is 2.51. The van der Waals surface area contributed by atoms with Gasteiger partial charge in [-0.1, -0.05) is 273 Å². The van der Waals surface area contributed by atoms with E-state index in [4.69, 9.17) is 18.9 Å². The van der Waals surface area contributed by atoms with Gasteiger partial charge in [0, 0.05) is 6.42 Å². The topological polar surface area (TPSA) is 228 Å². The first-order valence-electron chi connectivity index (χ1n) is 34.2. The number of unbranched alkanes of at least 4 members (excludes halogenated alkanes) is 30. The van der Waals surface area contributed by atoms with Gasteiger partial charge in [0.1, 0.15) is 48.8 Å². The van der Waals surface area contributed by atoms with Crippen LogP contribution in [0.25, 0.3) is 0 Å². The molecule has 0 radical (unpaired) electrons. The summed E-state index contributed by atoms with van der Waals surface area (Å²) in [6.07, 6.45) is 56.2. The molecule has 0 aromatic heterocycles. The van der Waals surface area contributed by atoms with Crippen molar-refractivity contribution >= 4 is 5.91 Å². The summed E-state index contributed by atoms with van der Waals surface area (Å²) in [4.78, 5) is 13.3. The SMILES string of the molecule is CC/C=C\C/C=C\C/C=C\C/C=C\C/C=C\C/C=C\CCCCCCCCCCCCCCCCC(=O)NC(COC1OC(CO)C(OC2OC(CO)C(O)C(O)C2O)C(O)C1O)C(O)CCCCCCCCCCCCCCCCCCC. The number of carbonyl (C=O) groups is 1. The second-order valence-electron chi connectivity index (χ2n) is 23.9. The molecular weight excluding hydrogens is 1060 g/mol. The van der Waals surface area contributed by atoms with Crippen molar-refractivity contribution in [3.05, 3.63) is 72.9 Å².